The van der Waals surface area contributed by atoms with Gasteiger partial charge in [-0.25, -0.2) is 4.98 Å². The number of rotatable bonds is 1. The maximum atomic E-state index is 12.8. The van der Waals surface area contributed by atoms with Gasteiger partial charge in [-0.05, 0) is 6.92 Å². The van der Waals surface area contributed by atoms with Gasteiger partial charge >= 0.3 is 6.18 Å². The molecule has 1 aliphatic heterocycles. The summed E-state index contributed by atoms with van der Waals surface area (Å²) in [5.41, 5.74) is 0.372. The summed E-state index contributed by atoms with van der Waals surface area (Å²) in [6.45, 7) is 3.13. The molecule has 0 N–H and O–H groups in total. The molecule has 0 bridgehead atoms. The molecule has 3 heterocycles. The van der Waals surface area contributed by atoms with Gasteiger partial charge in [-0.15, -0.1) is 10.2 Å². The van der Waals surface area contributed by atoms with Crippen molar-refractivity contribution in [3.8, 4) is 11.5 Å². The van der Waals surface area contributed by atoms with Gasteiger partial charge in [0.15, 0.2) is 17.4 Å². The number of Topliss-reactive ketones (excluding diaryl/α,β-unsaturated/α-hetero) is 1. The zero-order chi connectivity index (χ0) is 14.7. The van der Waals surface area contributed by atoms with Gasteiger partial charge in [0.25, 0.3) is 0 Å². The lowest BCUT2D eigenvalue weighted by atomic mass is 10.2. The lowest BCUT2D eigenvalue weighted by Gasteiger charge is -2.25. The van der Waals surface area contributed by atoms with Gasteiger partial charge < -0.3 is 4.57 Å². The van der Waals surface area contributed by atoms with Crippen LogP contribution in [0.2, 0.25) is 0 Å². The Morgan fingerprint density at radius 3 is 2.70 bits per heavy atom. The van der Waals surface area contributed by atoms with E-state index in [2.05, 4.69) is 15.2 Å². The van der Waals surface area contributed by atoms with Gasteiger partial charge in [-0.1, -0.05) is 0 Å². The number of imidazole rings is 1. The molecule has 0 aromatic carbocycles. The smallest absolute Gasteiger partial charge is 0.314 e. The van der Waals surface area contributed by atoms with Crippen LogP contribution in [0.4, 0.5) is 13.2 Å². The molecule has 0 aliphatic carbocycles. The topological polar surface area (TPSA) is 65.6 Å². The zero-order valence-corrected chi connectivity index (χ0v) is 10.6. The number of halogens is 3. The second-order valence-corrected chi connectivity index (χ2v) is 4.70. The number of hydrogen-bond acceptors (Lipinski definition) is 4. The van der Waals surface area contributed by atoms with Crippen LogP contribution in [0, 0.1) is 0 Å². The van der Waals surface area contributed by atoms with Gasteiger partial charge in [0.2, 0.25) is 5.82 Å². The second kappa shape index (κ2) is 3.90. The minimum Gasteiger partial charge on any atom is -0.314 e. The third-order valence-corrected chi connectivity index (χ3v) is 3.23. The Morgan fingerprint density at radius 2 is 2.10 bits per heavy atom. The number of aromatic nitrogens is 5. The minimum absolute atomic E-state index is 0.0425. The second-order valence-electron chi connectivity index (χ2n) is 4.70. The van der Waals surface area contributed by atoms with Gasteiger partial charge in [0.05, 0.1) is 12.2 Å². The number of fused-ring (bicyclic) bond motifs is 3. The molecule has 0 saturated heterocycles. The van der Waals surface area contributed by atoms with Crippen molar-refractivity contribution >= 4 is 5.78 Å². The first kappa shape index (κ1) is 12.8. The molecule has 9 heteroatoms. The summed E-state index contributed by atoms with van der Waals surface area (Å²) >= 11 is 0. The zero-order valence-electron chi connectivity index (χ0n) is 10.6. The number of hydrogen-bond donors (Lipinski definition) is 0. The third-order valence-electron chi connectivity index (χ3n) is 3.23. The maximum Gasteiger partial charge on any atom is 0.451 e. The first-order valence-electron chi connectivity index (χ1n) is 5.89. The van der Waals surface area contributed by atoms with Crippen LogP contribution in [0.15, 0.2) is 6.20 Å². The van der Waals surface area contributed by atoms with Gasteiger partial charge in [0, 0.05) is 13.5 Å². The largest absolute Gasteiger partial charge is 0.451 e. The lowest BCUT2D eigenvalue weighted by Crippen LogP contribution is -2.26. The molecule has 0 saturated carbocycles. The normalized spacial score (nSPS) is 17.8. The van der Waals surface area contributed by atoms with E-state index in [4.69, 9.17) is 0 Å². The Hall–Kier alpha value is -2.19. The number of alkyl halides is 3. The number of ketones is 1. The molecule has 2 aromatic rings. The molecule has 106 valence electrons. The Labute approximate surface area is 111 Å². The first-order valence-corrected chi connectivity index (χ1v) is 5.89. The molecule has 0 spiro atoms. The molecule has 6 nitrogen and oxygen atoms in total. The molecule has 2 aromatic heterocycles. The Kier molecular flexibility index (Phi) is 2.50. The van der Waals surface area contributed by atoms with Crippen molar-refractivity contribution in [1.82, 2.24) is 24.3 Å². The summed E-state index contributed by atoms with van der Waals surface area (Å²) < 4.78 is 41.2. The summed E-state index contributed by atoms with van der Waals surface area (Å²) in [5, 5.41) is 6.81. The third kappa shape index (κ3) is 1.65. The van der Waals surface area contributed by atoms with E-state index in [1.54, 1.807) is 11.5 Å². The van der Waals surface area contributed by atoms with E-state index in [0.717, 1.165) is 4.57 Å². The molecule has 20 heavy (non-hydrogen) atoms. The fraction of sp³-hybridized carbons (Fsp3) is 0.455. The van der Waals surface area contributed by atoms with Crippen LogP contribution in [0.5, 0.6) is 0 Å². The average Bonchev–Trinajstić information content (AvgIpc) is 2.89. The van der Waals surface area contributed by atoms with Crippen LogP contribution in [-0.2, 0) is 12.7 Å². The maximum absolute atomic E-state index is 12.8. The van der Waals surface area contributed by atoms with Crippen LogP contribution < -0.4 is 0 Å². The predicted molar refractivity (Wildman–Crippen MR) is 61.0 cm³/mol. The highest BCUT2D eigenvalue weighted by Gasteiger charge is 2.41. The minimum atomic E-state index is -4.56. The van der Waals surface area contributed by atoms with Crippen LogP contribution >= 0.6 is 0 Å². The van der Waals surface area contributed by atoms with Crippen molar-refractivity contribution in [2.75, 3.05) is 0 Å². The quantitative estimate of drug-likeness (QED) is 0.751. The molecule has 0 radical (unpaired) electrons. The van der Waals surface area contributed by atoms with E-state index in [1.807, 2.05) is 0 Å². The molecule has 0 unspecified atom stereocenters. The van der Waals surface area contributed by atoms with Crippen molar-refractivity contribution in [1.29, 1.82) is 0 Å². The van der Waals surface area contributed by atoms with Crippen LogP contribution in [-0.4, -0.2) is 30.1 Å². The van der Waals surface area contributed by atoms with Crippen molar-refractivity contribution in [2.45, 2.75) is 32.6 Å². The highest BCUT2D eigenvalue weighted by molar-refractivity contribution is 5.91. The van der Waals surface area contributed by atoms with Gasteiger partial charge in [0.1, 0.15) is 5.69 Å². The van der Waals surface area contributed by atoms with Crippen molar-refractivity contribution in [3.05, 3.63) is 17.8 Å². The average molecular weight is 285 g/mol. The van der Waals surface area contributed by atoms with Gasteiger partial charge in [-0.2, -0.15) is 13.2 Å². The molecule has 0 fully saturated rings. The highest BCUT2D eigenvalue weighted by atomic mass is 19.4. The van der Waals surface area contributed by atoms with E-state index in [9.17, 15) is 18.0 Å². The summed E-state index contributed by atoms with van der Waals surface area (Å²) in [4.78, 5) is 15.5. The number of carbonyl (C=O) groups excluding carboxylic acids is 1. The van der Waals surface area contributed by atoms with E-state index in [1.165, 1.54) is 13.1 Å². The molecule has 1 atom stereocenters. The Morgan fingerprint density at radius 1 is 1.40 bits per heavy atom. The SMILES string of the molecule is CC(=O)c1ncc2n1[C@@H](C)Cn1c-2nnc1C(F)(F)F. The van der Waals surface area contributed by atoms with Crippen LogP contribution in [0.3, 0.4) is 0 Å². The monoisotopic (exact) mass is 285 g/mol. The van der Waals surface area contributed by atoms with Crippen molar-refractivity contribution in [2.24, 2.45) is 0 Å². The molecule has 1 aliphatic rings. The highest BCUT2D eigenvalue weighted by Crippen LogP contribution is 2.36. The summed E-state index contributed by atoms with van der Waals surface area (Å²) in [7, 11) is 0. The molecular weight excluding hydrogens is 275 g/mol. The van der Waals surface area contributed by atoms with Gasteiger partial charge in [-0.3, -0.25) is 9.36 Å². The van der Waals surface area contributed by atoms with E-state index >= 15 is 0 Å². The Balaban J connectivity index is 2.22. The summed E-state index contributed by atoms with van der Waals surface area (Å²) in [5.74, 6) is -0.978. The Bertz CT molecular complexity index is 699. The number of carbonyl (C=O) groups is 1. The summed E-state index contributed by atoms with van der Waals surface area (Å²) in [6, 6.07) is -0.337. The molecular formula is C11H10F3N5O. The standard InChI is InChI=1S/C11H10F3N5O/c1-5-4-18-9(16-17-10(18)11(12,13)14)7-3-15-8(6(2)20)19(5)7/h3,5H,4H2,1-2H3/t5-/m0/s1. The van der Waals surface area contributed by atoms with E-state index in [-0.39, 0.29) is 30.0 Å². The molecule has 0 amide bonds. The number of nitrogens with zero attached hydrogens (tertiary/aromatic N) is 5. The van der Waals surface area contributed by atoms with Crippen LogP contribution in [0.25, 0.3) is 11.5 Å². The van der Waals surface area contributed by atoms with E-state index < -0.39 is 12.0 Å². The first-order chi connectivity index (χ1) is 9.30. The predicted octanol–water partition coefficient (Wildman–Crippen LogP) is 1.94. The van der Waals surface area contributed by atoms with E-state index in [0.29, 0.717) is 5.69 Å². The van der Waals surface area contributed by atoms with Crippen molar-refractivity contribution in [3.63, 3.8) is 0 Å². The van der Waals surface area contributed by atoms with Crippen LogP contribution in [0.1, 0.15) is 36.3 Å². The fourth-order valence-corrected chi connectivity index (χ4v) is 2.45. The molecule has 3 rings (SSSR count). The van der Waals surface area contributed by atoms with Crippen molar-refractivity contribution < 1.29 is 18.0 Å². The fourth-order valence-electron chi connectivity index (χ4n) is 2.45. The lowest BCUT2D eigenvalue weighted by molar-refractivity contribution is -0.147. The summed E-state index contributed by atoms with van der Waals surface area (Å²) in [6.07, 6.45) is -3.20.